The van der Waals surface area contributed by atoms with Gasteiger partial charge < -0.3 is 26.0 Å². The van der Waals surface area contributed by atoms with Gasteiger partial charge in [0.2, 0.25) is 6.23 Å². The van der Waals surface area contributed by atoms with Gasteiger partial charge in [-0.05, 0) is 37.1 Å². The predicted molar refractivity (Wildman–Crippen MR) is 121 cm³/mol. The van der Waals surface area contributed by atoms with E-state index < -0.39 is 6.23 Å². The number of anilines is 1. The number of ketones is 1. The first-order valence-corrected chi connectivity index (χ1v) is 10.7. The minimum atomic E-state index is -0.845. The molecule has 3 rings (SSSR count). The maximum Gasteiger partial charge on any atom is 0.270 e. The van der Waals surface area contributed by atoms with Crippen molar-refractivity contribution in [1.29, 1.82) is 5.41 Å². The minimum absolute atomic E-state index is 0.0154. The lowest BCUT2D eigenvalue weighted by Gasteiger charge is -2.27. The van der Waals surface area contributed by atoms with Gasteiger partial charge in [-0.3, -0.25) is 15.0 Å². The summed E-state index contributed by atoms with van der Waals surface area (Å²) < 4.78 is 5.72. The average molecular weight is 446 g/mol. The number of Topliss-reactive ketones (excluding diaryl/α,β-unsaturated/α-hetero) is 1. The highest BCUT2D eigenvalue weighted by atomic mass is 35.5. The van der Waals surface area contributed by atoms with Gasteiger partial charge in [0.25, 0.3) is 5.91 Å². The molecule has 2 aliphatic rings. The number of amidine groups is 1. The van der Waals surface area contributed by atoms with Gasteiger partial charge in [-0.2, -0.15) is 0 Å². The number of fused-ring (bicyclic) bond motifs is 1. The molecule has 1 amide bonds. The molecule has 31 heavy (non-hydrogen) atoms. The molecule has 8 nitrogen and oxygen atoms in total. The van der Waals surface area contributed by atoms with Crippen LogP contribution in [0.3, 0.4) is 0 Å². The number of hydrogen-bond donors (Lipinski definition) is 4. The van der Waals surface area contributed by atoms with Crippen LogP contribution in [0.1, 0.15) is 31.4 Å². The van der Waals surface area contributed by atoms with E-state index in [0.29, 0.717) is 30.3 Å². The zero-order chi connectivity index (χ0) is 22.5. The van der Waals surface area contributed by atoms with E-state index in [4.69, 9.17) is 27.5 Å². The van der Waals surface area contributed by atoms with Crippen molar-refractivity contribution in [2.24, 2.45) is 11.7 Å². The number of rotatable bonds is 9. The molecule has 1 heterocycles. The molecule has 0 saturated carbocycles. The van der Waals surface area contributed by atoms with Crippen LogP contribution >= 0.6 is 11.6 Å². The van der Waals surface area contributed by atoms with Crippen LogP contribution in [0.4, 0.5) is 5.69 Å². The summed E-state index contributed by atoms with van der Waals surface area (Å²) >= 11 is 6.06. The quantitative estimate of drug-likeness (QED) is 0.342. The Balaban J connectivity index is 1.72. The van der Waals surface area contributed by atoms with Crippen molar-refractivity contribution in [1.82, 2.24) is 10.2 Å². The Labute approximate surface area is 187 Å². The Hall–Kier alpha value is -2.84. The Bertz CT molecular complexity index is 943. The fourth-order valence-corrected chi connectivity index (χ4v) is 4.02. The first-order chi connectivity index (χ1) is 14.8. The molecule has 9 heteroatoms. The number of ether oxygens (including phenoxy) is 1. The monoisotopic (exact) mass is 445 g/mol. The summed E-state index contributed by atoms with van der Waals surface area (Å²) in [5.41, 5.74) is 8.69. The van der Waals surface area contributed by atoms with Crippen LogP contribution in [0.5, 0.6) is 0 Å². The van der Waals surface area contributed by atoms with Gasteiger partial charge in [0.05, 0.1) is 5.92 Å². The summed E-state index contributed by atoms with van der Waals surface area (Å²) in [5, 5.41) is 14.3. The fraction of sp³-hybridized carbons (Fsp3) is 0.409. The van der Waals surface area contributed by atoms with Crippen molar-refractivity contribution < 1.29 is 14.3 Å². The number of benzene rings is 1. The summed E-state index contributed by atoms with van der Waals surface area (Å²) in [6.07, 6.45) is 2.97. The van der Waals surface area contributed by atoms with E-state index >= 15 is 0 Å². The van der Waals surface area contributed by atoms with Crippen molar-refractivity contribution in [3.8, 4) is 0 Å². The molecular weight excluding hydrogens is 418 g/mol. The van der Waals surface area contributed by atoms with Gasteiger partial charge in [-0.25, -0.2) is 0 Å². The standard InChI is InChI=1S/C22H28ClN5O3/c1-3-26-18-8-13(20(24)25)5-6-14(18)10-27-21(30)22(31-4-2)28-11-15-7-16(23)9-19(29)17(15)12-28/h5-8,11,17,22,26H,3-4,9-10,12H2,1-2H3,(H3,24,25)(H,27,30). The Morgan fingerprint density at radius 3 is 2.87 bits per heavy atom. The first-order valence-electron chi connectivity index (χ1n) is 10.3. The molecule has 1 aromatic rings. The molecule has 0 fully saturated rings. The van der Waals surface area contributed by atoms with Crippen LogP contribution in [0.15, 0.2) is 41.1 Å². The van der Waals surface area contributed by atoms with E-state index in [0.717, 1.165) is 16.8 Å². The van der Waals surface area contributed by atoms with E-state index in [1.807, 2.05) is 19.9 Å². The zero-order valence-electron chi connectivity index (χ0n) is 17.7. The molecule has 0 bridgehead atoms. The van der Waals surface area contributed by atoms with Gasteiger partial charge in [-0.15, -0.1) is 0 Å². The molecule has 2 unspecified atom stereocenters. The third-order valence-electron chi connectivity index (χ3n) is 5.26. The van der Waals surface area contributed by atoms with Crippen LogP contribution in [0.2, 0.25) is 0 Å². The number of nitrogens with one attached hydrogen (secondary N) is 3. The second kappa shape index (κ2) is 9.98. The van der Waals surface area contributed by atoms with Gasteiger partial charge in [0, 0.05) is 55.1 Å². The van der Waals surface area contributed by atoms with Gasteiger partial charge in [0.15, 0.2) is 0 Å². The topological polar surface area (TPSA) is 121 Å². The number of hydrogen-bond acceptors (Lipinski definition) is 6. The maximum absolute atomic E-state index is 13.0. The van der Waals surface area contributed by atoms with E-state index in [2.05, 4.69) is 10.6 Å². The van der Waals surface area contributed by atoms with Crippen LogP contribution < -0.4 is 16.4 Å². The van der Waals surface area contributed by atoms with Gasteiger partial charge >= 0.3 is 0 Å². The third kappa shape index (κ3) is 5.26. The van der Waals surface area contributed by atoms with Gasteiger partial charge in [-0.1, -0.05) is 23.7 Å². The Morgan fingerprint density at radius 1 is 1.42 bits per heavy atom. The number of amides is 1. The molecule has 0 spiro atoms. The highest BCUT2D eigenvalue weighted by molar-refractivity contribution is 6.31. The lowest BCUT2D eigenvalue weighted by Crippen LogP contribution is -2.46. The predicted octanol–water partition coefficient (Wildman–Crippen LogP) is 2.29. The summed E-state index contributed by atoms with van der Waals surface area (Å²) in [7, 11) is 0. The molecular formula is C22H28ClN5O3. The fourth-order valence-electron chi connectivity index (χ4n) is 3.76. The van der Waals surface area contributed by atoms with Gasteiger partial charge in [0.1, 0.15) is 11.6 Å². The highest BCUT2D eigenvalue weighted by Gasteiger charge is 2.37. The largest absolute Gasteiger partial charge is 0.385 e. The van der Waals surface area contributed by atoms with Crippen LogP contribution in [-0.2, 0) is 20.9 Å². The molecule has 1 aromatic carbocycles. The molecule has 0 aromatic heterocycles. The lowest BCUT2D eigenvalue weighted by atomic mass is 9.90. The summed E-state index contributed by atoms with van der Waals surface area (Å²) in [4.78, 5) is 27.0. The van der Waals surface area contributed by atoms with Crippen LogP contribution in [-0.4, -0.2) is 48.4 Å². The van der Waals surface area contributed by atoms with Crippen LogP contribution in [0, 0.1) is 11.3 Å². The normalized spacial score (nSPS) is 18.7. The molecule has 1 aliphatic carbocycles. The average Bonchev–Trinajstić information content (AvgIpc) is 3.14. The highest BCUT2D eigenvalue weighted by Crippen LogP contribution is 2.33. The zero-order valence-corrected chi connectivity index (χ0v) is 18.5. The summed E-state index contributed by atoms with van der Waals surface area (Å²) in [6, 6.07) is 5.38. The maximum atomic E-state index is 13.0. The molecule has 1 aliphatic heterocycles. The minimum Gasteiger partial charge on any atom is -0.385 e. The second-order valence-corrected chi connectivity index (χ2v) is 7.94. The van der Waals surface area contributed by atoms with Crippen molar-refractivity contribution in [2.45, 2.75) is 33.0 Å². The summed E-state index contributed by atoms with van der Waals surface area (Å²) in [6.45, 7) is 5.50. The second-order valence-electron chi connectivity index (χ2n) is 7.45. The van der Waals surface area contributed by atoms with Crippen molar-refractivity contribution in [3.05, 3.63) is 52.2 Å². The molecule has 0 radical (unpaired) electrons. The summed E-state index contributed by atoms with van der Waals surface area (Å²) in [5.74, 6) is -0.535. The number of carbonyl (C=O) groups is 2. The number of halogens is 1. The molecule has 2 atom stereocenters. The van der Waals surface area contributed by atoms with Crippen molar-refractivity contribution >= 4 is 34.8 Å². The van der Waals surface area contributed by atoms with E-state index in [1.54, 1.807) is 29.3 Å². The van der Waals surface area contributed by atoms with E-state index in [-0.39, 0.29) is 36.4 Å². The lowest BCUT2D eigenvalue weighted by molar-refractivity contribution is -0.143. The molecule has 0 saturated heterocycles. The molecule has 5 N–H and O–H groups in total. The number of nitrogens with zero attached hydrogens (tertiary/aromatic N) is 1. The van der Waals surface area contributed by atoms with E-state index in [9.17, 15) is 9.59 Å². The third-order valence-corrected chi connectivity index (χ3v) is 5.50. The number of nitrogen functional groups attached to an aromatic ring is 1. The Kier molecular flexibility index (Phi) is 7.35. The van der Waals surface area contributed by atoms with Crippen molar-refractivity contribution in [2.75, 3.05) is 25.0 Å². The number of allylic oxidation sites excluding steroid dienone is 2. The van der Waals surface area contributed by atoms with Crippen LogP contribution in [0.25, 0.3) is 0 Å². The number of nitrogens with two attached hydrogens (primary N) is 1. The molecule has 166 valence electrons. The Morgan fingerprint density at radius 2 is 2.19 bits per heavy atom. The van der Waals surface area contributed by atoms with E-state index in [1.165, 1.54) is 0 Å². The van der Waals surface area contributed by atoms with Crippen molar-refractivity contribution in [3.63, 3.8) is 0 Å². The smallest absolute Gasteiger partial charge is 0.270 e. The SMILES string of the molecule is CCNc1cc(C(=N)N)ccc1CNC(=O)C(OCC)N1C=C2C=C(Cl)CC(=O)C2C1. The first kappa shape index (κ1) is 22.8. The number of carbonyl (C=O) groups excluding carboxylic acids is 2.